The summed E-state index contributed by atoms with van der Waals surface area (Å²) in [6.07, 6.45) is 3.38. The van der Waals surface area contributed by atoms with Crippen molar-refractivity contribution >= 4 is 5.78 Å². The number of benzene rings is 1. The second-order valence-corrected chi connectivity index (χ2v) is 4.72. The van der Waals surface area contributed by atoms with Gasteiger partial charge in [-0.15, -0.1) is 0 Å². The number of ketones is 1. The van der Waals surface area contributed by atoms with E-state index in [4.69, 9.17) is 0 Å². The van der Waals surface area contributed by atoms with Gasteiger partial charge in [0.05, 0.1) is 17.2 Å². The number of rotatable bonds is 3. The standard InChI is InChI=1S/C14H16N2O/c1-14(2,12-7-5-4-6-8-12)13(17)11-9-15-16(3)10-11/h4-10H,1-3H3. The molecule has 0 unspecified atom stereocenters. The van der Waals surface area contributed by atoms with Gasteiger partial charge in [0.25, 0.3) is 0 Å². The number of hydrogen-bond donors (Lipinski definition) is 0. The second-order valence-electron chi connectivity index (χ2n) is 4.72. The van der Waals surface area contributed by atoms with Gasteiger partial charge in [-0.2, -0.15) is 5.10 Å². The van der Waals surface area contributed by atoms with Crippen molar-refractivity contribution in [1.82, 2.24) is 9.78 Å². The Balaban J connectivity index is 2.36. The predicted molar refractivity (Wildman–Crippen MR) is 67.0 cm³/mol. The number of aryl methyl sites for hydroxylation is 1. The number of carbonyl (C=O) groups excluding carboxylic acids is 1. The summed E-state index contributed by atoms with van der Waals surface area (Å²) in [5, 5.41) is 4.04. The quantitative estimate of drug-likeness (QED) is 0.757. The van der Waals surface area contributed by atoms with Crippen LogP contribution in [0.15, 0.2) is 42.7 Å². The first-order valence-corrected chi connectivity index (χ1v) is 5.61. The lowest BCUT2D eigenvalue weighted by Gasteiger charge is -2.22. The maximum Gasteiger partial charge on any atom is 0.175 e. The fraction of sp³-hybridized carbons (Fsp3) is 0.286. The van der Waals surface area contributed by atoms with E-state index >= 15 is 0 Å². The van der Waals surface area contributed by atoms with Crippen molar-refractivity contribution in [1.29, 1.82) is 0 Å². The van der Waals surface area contributed by atoms with E-state index in [1.54, 1.807) is 17.1 Å². The fourth-order valence-electron chi connectivity index (χ4n) is 1.89. The summed E-state index contributed by atoms with van der Waals surface area (Å²) in [4.78, 5) is 12.4. The number of hydrogen-bond acceptors (Lipinski definition) is 2. The maximum atomic E-state index is 12.4. The molecule has 1 aromatic heterocycles. The molecule has 3 nitrogen and oxygen atoms in total. The molecule has 0 aliphatic carbocycles. The molecule has 0 fully saturated rings. The van der Waals surface area contributed by atoms with Crippen LogP contribution in [0.2, 0.25) is 0 Å². The summed E-state index contributed by atoms with van der Waals surface area (Å²) in [7, 11) is 1.81. The summed E-state index contributed by atoms with van der Waals surface area (Å²) in [6, 6.07) is 9.82. The van der Waals surface area contributed by atoms with Gasteiger partial charge in [-0.1, -0.05) is 30.3 Å². The van der Waals surface area contributed by atoms with Crippen LogP contribution in [-0.2, 0) is 12.5 Å². The third-order valence-corrected chi connectivity index (χ3v) is 3.03. The van der Waals surface area contributed by atoms with Crippen molar-refractivity contribution in [3.63, 3.8) is 0 Å². The van der Waals surface area contributed by atoms with Gasteiger partial charge >= 0.3 is 0 Å². The molecule has 0 aliphatic heterocycles. The smallest absolute Gasteiger partial charge is 0.175 e. The summed E-state index contributed by atoms with van der Waals surface area (Å²) in [6.45, 7) is 3.88. The first-order valence-electron chi connectivity index (χ1n) is 5.61. The van der Waals surface area contributed by atoms with Crippen molar-refractivity contribution in [2.75, 3.05) is 0 Å². The topological polar surface area (TPSA) is 34.9 Å². The van der Waals surface area contributed by atoms with Crippen LogP contribution in [0, 0.1) is 0 Å². The third kappa shape index (κ3) is 2.13. The van der Waals surface area contributed by atoms with Crippen molar-refractivity contribution in [3.8, 4) is 0 Å². The van der Waals surface area contributed by atoms with E-state index in [1.807, 2.05) is 51.2 Å². The lowest BCUT2D eigenvalue weighted by molar-refractivity contribution is 0.0908. The molecule has 0 bridgehead atoms. The van der Waals surface area contributed by atoms with E-state index in [2.05, 4.69) is 5.10 Å². The Hall–Kier alpha value is -1.90. The molecule has 0 amide bonds. The highest BCUT2D eigenvalue weighted by molar-refractivity contribution is 6.03. The summed E-state index contributed by atoms with van der Waals surface area (Å²) in [5.74, 6) is 0.0943. The Bertz CT molecular complexity index is 526. The minimum atomic E-state index is -0.524. The molecule has 0 saturated heterocycles. The van der Waals surface area contributed by atoms with Gasteiger partial charge in [0.15, 0.2) is 5.78 Å². The average Bonchev–Trinajstić information content (AvgIpc) is 2.76. The van der Waals surface area contributed by atoms with Crippen LogP contribution >= 0.6 is 0 Å². The molecule has 3 heteroatoms. The van der Waals surface area contributed by atoms with Crippen LogP contribution < -0.4 is 0 Å². The van der Waals surface area contributed by atoms with Crippen LogP contribution in [0.5, 0.6) is 0 Å². The maximum absolute atomic E-state index is 12.4. The van der Waals surface area contributed by atoms with Gasteiger partial charge < -0.3 is 0 Å². The summed E-state index contributed by atoms with van der Waals surface area (Å²) < 4.78 is 1.65. The van der Waals surface area contributed by atoms with Crippen molar-refractivity contribution in [2.45, 2.75) is 19.3 Å². The Labute approximate surface area is 101 Å². The molecule has 0 spiro atoms. The number of aromatic nitrogens is 2. The van der Waals surface area contributed by atoms with E-state index < -0.39 is 5.41 Å². The normalized spacial score (nSPS) is 11.5. The van der Waals surface area contributed by atoms with Gasteiger partial charge in [0, 0.05) is 13.2 Å². The van der Waals surface area contributed by atoms with E-state index in [9.17, 15) is 4.79 Å². The third-order valence-electron chi connectivity index (χ3n) is 3.03. The SMILES string of the molecule is Cn1cc(C(=O)C(C)(C)c2ccccc2)cn1. The van der Waals surface area contributed by atoms with Crippen LogP contribution in [0.3, 0.4) is 0 Å². The Morgan fingerprint density at radius 3 is 2.41 bits per heavy atom. The van der Waals surface area contributed by atoms with Crippen LogP contribution in [-0.4, -0.2) is 15.6 Å². The number of carbonyl (C=O) groups is 1. The number of Topliss-reactive ketones (excluding diaryl/α,β-unsaturated/α-hetero) is 1. The highest BCUT2D eigenvalue weighted by Gasteiger charge is 2.31. The highest BCUT2D eigenvalue weighted by Crippen LogP contribution is 2.27. The van der Waals surface area contributed by atoms with Gasteiger partial charge in [-0.3, -0.25) is 9.48 Å². The van der Waals surface area contributed by atoms with Gasteiger partial charge in [0.2, 0.25) is 0 Å². The molecule has 0 aliphatic rings. The Morgan fingerprint density at radius 1 is 1.24 bits per heavy atom. The molecular weight excluding hydrogens is 212 g/mol. The number of nitrogens with zero attached hydrogens (tertiary/aromatic N) is 2. The molecule has 88 valence electrons. The first kappa shape index (κ1) is 11.6. The monoisotopic (exact) mass is 228 g/mol. The van der Waals surface area contributed by atoms with Crippen LogP contribution in [0.1, 0.15) is 29.8 Å². The van der Waals surface area contributed by atoms with Gasteiger partial charge in [0.1, 0.15) is 0 Å². The van der Waals surface area contributed by atoms with Crippen LogP contribution in [0.4, 0.5) is 0 Å². The zero-order valence-electron chi connectivity index (χ0n) is 10.3. The Kier molecular flexibility index (Phi) is 2.84. The fourth-order valence-corrected chi connectivity index (χ4v) is 1.89. The molecule has 0 radical (unpaired) electrons. The highest BCUT2D eigenvalue weighted by atomic mass is 16.1. The van der Waals surface area contributed by atoms with Crippen LogP contribution in [0.25, 0.3) is 0 Å². The molecule has 0 N–H and O–H groups in total. The van der Waals surface area contributed by atoms with Gasteiger partial charge in [-0.25, -0.2) is 0 Å². The van der Waals surface area contributed by atoms with Crippen molar-refractivity contribution in [2.24, 2.45) is 7.05 Å². The molecule has 0 atom stereocenters. The first-order chi connectivity index (χ1) is 8.01. The van der Waals surface area contributed by atoms with E-state index in [1.165, 1.54) is 0 Å². The summed E-state index contributed by atoms with van der Waals surface area (Å²) in [5.41, 5.74) is 1.15. The predicted octanol–water partition coefficient (Wildman–Crippen LogP) is 2.58. The Morgan fingerprint density at radius 2 is 1.88 bits per heavy atom. The molecule has 1 heterocycles. The zero-order valence-corrected chi connectivity index (χ0v) is 10.3. The largest absolute Gasteiger partial charge is 0.293 e. The second kappa shape index (κ2) is 4.17. The average molecular weight is 228 g/mol. The lowest BCUT2D eigenvalue weighted by Crippen LogP contribution is -2.28. The minimum Gasteiger partial charge on any atom is -0.293 e. The van der Waals surface area contributed by atoms with Crippen molar-refractivity contribution in [3.05, 3.63) is 53.9 Å². The zero-order chi connectivity index (χ0) is 12.5. The molecule has 0 saturated carbocycles. The summed E-state index contributed by atoms with van der Waals surface area (Å²) >= 11 is 0. The molecular formula is C14H16N2O. The van der Waals surface area contributed by atoms with Crippen molar-refractivity contribution < 1.29 is 4.79 Å². The van der Waals surface area contributed by atoms with E-state index in [-0.39, 0.29) is 5.78 Å². The van der Waals surface area contributed by atoms with E-state index in [0.717, 1.165) is 5.56 Å². The van der Waals surface area contributed by atoms with E-state index in [0.29, 0.717) is 5.56 Å². The molecule has 2 aromatic rings. The van der Waals surface area contributed by atoms with Gasteiger partial charge in [-0.05, 0) is 19.4 Å². The molecule has 2 rings (SSSR count). The lowest BCUT2D eigenvalue weighted by atomic mass is 9.79. The molecule has 17 heavy (non-hydrogen) atoms. The molecule has 1 aromatic carbocycles. The minimum absolute atomic E-state index is 0.0943.